The number of hydrogen-bond acceptors (Lipinski definition) is 2. The number of carbonyl (C=O) groups excluding carboxylic acids is 1. The predicted octanol–water partition coefficient (Wildman–Crippen LogP) is 2.94. The molecule has 1 amide bonds. The van der Waals surface area contributed by atoms with Gasteiger partial charge in [-0.1, -0.05) is 43.8 Å². The first-order valence-corrected chi connectivity index (χ1v) is 7.89. The summed E-state index contributed by atoms with van der Waals surface area (Å²) in [6.45, 7) is 10.8. The van der Waals surface area contributed by atoms with E-state index in [4.69, 9.17) is 0 Å². The minimum Gasteiger partial charge on any atom is -0.623 e. The summed E-state index contributed by atoms with van der Waals surface area (Å²) in [5.41, 5.74) is 0.525. The quantitative estimate of drug-likeness (QED) is 0.461. The molecule has 0 aromatic heterocycles. The van der Waals surface area contributed by atoms with Gasteiger partial charge in [0.2, 0.25) is 0 Å². The molecule has 0 aliphatic carbocycles. The maximum atomic E-state index is 13.0. The fourth-order valence-electron chi connectivity index (χ4n) is 3.36. The highest BCUT2D eigenvalue weighted by Crippen LogP contribution is 2.43. The zero-order valence-corrected chi connectivity index (χ0v) is 13.6. The first-order valence-electron chi connectivity index (χ1n) is 7.89. The van der Waals surface area contributed by atoms with Crippen LogP contribution in [0.3, 0.4) is 0 Å². The Morgan fingerprint density at radius 3 is 2.36 bits per heavy atom. The van der Waals surface area contributed by atoms with E-state index in [0.717, 1.165) is 16.0 Å². The van der Waals surface area contributed by atoms with Crippen LogP contribution in [-0.4, -0.2) is 39.9 Å². The number of likely N-dealkylation sites (N-methyl/N-ethyl adjacent to an activating group) is 1. The van der Waals surface area contributed by atoms with E-state index >= 15 is 0 Å². The number of nitrogens with zero attached hydrogens (tertiary/aromatic N) is 2. The van der Waals surface area contributed by atoms with Crippen LogP contribution in [0.1, 0.15) is 38.7 Å². The number of benzene rings is 1. The zero-order chi connectivity index (χ0) is 16.3. The van der Waals surface area contributed by atoms with Crippen molar-refractivity contribution in [2.45, 2.75) is 38.6 Å². The number of hydroxylamine groups is 1. The number of amides is 1. The van der Waals surface area contributed by atoms with Crippen molar-refractivity contribution in [3.05, 3.63) is 53.8 Å². The van der Waals surface area contributed by atoms with Crippen LogP contribution in [0, 0.1) is 5.21 Å². The van der Waals surface area contributed by atoms with Crippen molar-refractivity contribution in [1.82, 2.24) is 4.90 Å². The first kappa shape index (κ1) is 16.3. The lowest BCUT2D eigenvalue weighted by molar-refractivity contribution is -0.554. The molecular formula is C18H24N2O2. The molecule has 0 N–H and O–H groups in total. The van der Waals surface area contributed by atoms with E-state index in [-0.39, 0.29) is 11.8 Å². The molecular weight excluding hydrogens is 276 g/mol. The largest absolute Gasteiger partial charge is 0.623 e. The summed E-state index contributed by atoms with van der Waals surface area (Å²) in [6, 6.07) is 9.75. The van der Waals surface area contributed by atoms with Crippen LogP contribution in [0.25, 0.3) is 0 Å². The van der Waals surface area contributed by atoms with E-state index in [0.29, 0.717) is 19.5 Å². The molecule has 2 atom stereocenters. The summed E-state index contributed by atoms with van der Waals surface area (Å²) < 4.78 is 0.873. The third kappa shape index (κ3) is 2.14. The minimum absolute atomic E-state index is 0.159. The molecule has 0 saturated carbocycles. The van der Waals surface area contributed by atoms with Gasteiger partial charge >= 0.3 is 5.91 Å². The molecule has 0 bridgehead atoms. The average Bonchev–Trinajstić information content (AvgIpc) is 2.55. The van der Waals surface area contributed by atoms with E-state index in [2.05, 4.69) is 6.58 Å². The van der Waals surface area contributed by atoms with Gasteiger partial charge in [0.15, 0.2) is 5.71 Å². The Hall–Kier alpha value is -2.10. The summed E-state index contributed by atoms with van der Waals surface area (Å²) in [5, 5.41) is 12.7. The van der Waals surface area contributed by atoms with Crippen molar-refractivity contribution in [2.24, 2.45) is 0 Å². The molecule has 0 fully saturated rings. The molecule has 22 heavy (non-hydrogen) atoms. The summed E-state index contributed by atoms with van der Waals surface area (Å²) in [7, 11) is 0. The van der Waals surface area contributed by atoms with Crippen molar-refractivity contribution in [3.8, 4) is 0 Å². The Balaban J connectivity index is 2.56. The Morgan fingerprint density at radius 2 is 1.91 bits per heavy atom. The second-order valence-electron chi connectivity index (χ2n) is 5.49. The van der Waals surface area contributed by atoms with Gasteiger partial charge in [-0.05, 0) is 25.5 Å². The van der Waals surface area contributed by atoms with Crippen LogP contribution in [-0.2, 0) is 4.79 Å². The van der Waals surface area contributed by atoms with Crippen LogP contribution in [0.15, 0.2) is 43.0 Å². The van der Waals surface area contributed by atoms with Gasteiger partial charge in [-0.25, -0.2) is 0 Å². The topological polar surface area (TPSA) is 46.4 Å². The molecule has 2 rings (SSSR count). The lowest BCUT2D eigenvalue weighted by atomic mass is 9.69. The van der Waals surface area contributed by atoms with Crippen LogP contribution >= 0.6 is 0 Å². The van der Waals surface area contributed by atoms with Crippen molar-refractivity contribution in [3.63, 3.8) is 0 Å². The Labute approximate surface area is 132 Å². The van der Waals surface area contributed by atoms with E-state index < -0.39 is 5.54 Å². The van der Waals surface area contributed by atoms with Gasteiger partial charge in [-0.15, -0.1) is 0 Å². The van der Waals surface area contributed by atoms with Gasteiger partial charge < -0.3 is 10.1 Å². The maximum Gasteiger partial charge on any atom is 0.301 e. The van der Waals surface area contributed by atoms with Gasteiger partial charge in [0.05, 0.1) is 0 Å². The summed E-state index contributed by atoms with van der Waals surface area (Å²) >= 11 is 0. The average molecular weight is 300 g/mol. The van der Waals surface area contributed by atoms with E-state index in [1.807, 2.05) is 51.1 Å². The summed E-state index contributed by atoms with van der Waals surface area (Å²) in [5.74, 6) is -0.379. The van der Waals surface area contributed by atoms with Gasteiger partial charge in [-0.3, -0.25) is 4.79 Å². The standard InChI is InChI=1S/C18H24N2O2/c1-5-15-16(14-12-10-9-11-13-14)18(6-2,20(15)22)17(21)19(7-3)8-4/h6,9-13,16H,2,5,7-8H2,1,3-4H3/t16-,18+/m0/s1. The summed E-state index contributed by atoms with van der Waals surface area (Å²) in [4.78, 5) is 14.7. The highest BCUT2D eigenvalue weighted by molar-refractivity contribution is 6.03. The molecule has 1 heterocycles. The molecule has 0 saturated heterocycles. The minimum atomic E-state index is -1.21. The molecule has 4 heteroatoms. The zero-order valence-electron chi connectivity index (χ0n) is 13.6. The van der Waals surface area contributed by atoms with Crippen LogP contribution in [0.4, 0.5) is 0 Å². The number of carbonyl (C=O) groups is 1. The first-order chi connectivity index (χ1) is 10.6. The van der Waals surface area contributed by atoms with Crippen LogP contribution in [0.5, 0.6) is 0 Å². The fraction of sp³-hybridized carbons (Fsp3) is 0.444. The second-order valence-corrected chi connectivity index (χ2v) is 5.49. The molecule has 4 nitrogen and oxygen atoms in total. The van der Waals surface area contributed by atoms with E-state index in [9.17, 15) is 10.0 Å². The maximum absolute atomic E-state index is 13.0. The normalized spacial score (nSPS) is 23.9. The number of rotatable bonds is 6. The Bertz CT molecular complexity index is 590. The molecule has 1 aliphatic heterocycles. The second kappa shape index (κ2) is 6.34. The lowest BCUT2D eigenvalue weighted by Crippen LogP contribution is -2.67. The highest BCUT2D eigenvalue weighted by atomic mass is 16.5. The van der Waals surface area contributed by atoms with Gasteiger partial charge in [0.25, 0.3) is 5.54 Å². The molecule has 1 aromatic rings. The third-order valence-electron chi connectivity index (χ3n) is 4.57. The van der Waals surface area contributed by atoms with Crippen LogP contribution < -0.4 is 0 Å². The third-order valence-corrected chi connectivity index (χ3v) is 4.57. The van der Waals surface area contributed by atoms with E-state index in [1.54, 1.807) is 4.90 Å². The molecule has 1 aliphatic rings. The van der Waals surface area contributed by atoms with Crippen molar-refractivity contribution in [2.75, 3.05) is 13.1 Å². The monoisotopic (exact) mass is 300 g/mol. The number of hydrogen-bond donors (Lipinski definition) is 0. The fourth-order valence-corrected chi connectivity index (χ4v) is 3.36. The van der Waals surface area contributed by atoms with Crippen LogP contribution in [0.2, 0.25) is 0 Å². The molecule has 0 unspecified atom stereocenters. The smallest absolute Gasteiger partial charge is 0.301 e. The van der Waals surface area contributed by atoms with Gasteiger partial charge in [0.1, 0.15) is 5.92 Å². The molecule has 1 aromatic carbocycles. The Kier molecular flexibility index (Phi) is 4.69. The lowest BCUT2D eigenvalue weighted by Gasteiger charge is -2.45. The van der Waals surface area contributed by atoms with E-state index in [1.165, 1.54) is 6.08 Å². The Morgan fingerprint density at radius 1 is 1.32 bits per heavy atom. The molecule has 0 radical (unpaired) electrons. The van der Waals surface area contributed by atoms with Crippen molar-refractivity contribution < 1.29 is 9.53 Å². The predicted molar refractivity (Wildman–Crippen MR) is 89.0 cm³/mol. The highest BCUT2D eigenvalue weighted by Gasteiger charge is 2.64. The van der Waals surface area contributed by atoms with Gasteiger partial charge in [0, 0.05) is 19.5 Å². The van der Waals surface area contributed by atoms with Crippen molar-refractivity contribution in [1.29, 1.82) is 0 Å². The SMILES string of the molecule is C=C[C@]1(C(=O)N(CC)CC)[C@@H](c2ccccc2)C(CC)=[N+]1[O-]. The summed E-state index contributed by atoms with van der Waals surface area (Å²) in [6.07, 6.45) is 2.15. The van der Waals surface area contributed by atoms with Crippen molar-refractivity contribution >= 4 is 11.6 Å². The molecule has 118 valence electrons. The van der Waals surface area contributed by atoms with Gasteiger partial charge in [-0.2, -0.15) is 4.74 Å². The molecule has 0 spiro atoms.